The van der Waals surface area contributed by atoms with Gasteiger partial charge in [0.2, 0.25) is 5.82 Å². The molecule has 0 aliphatic carbocycles. The third-order valence-corrected chi connectivity index (χ3v) is 3.73. The van der Waals surface area contributed by atoms with Gasteiger partial charge in [0.1, 0.15) is 5.69 Å². The third kappa shape index (κ3) is 2.98. The number of para-hydroxylation sites is 1. The smallest absolute Gasteiger partial charge is 0.333 e. The summed E-state index contributed by atoms with van der Waals surface area (Å²) >= 11 is 0. The summed E-state index contributed by atoms with van der Waals surface area (Å²) < 4.78 is 3.28. The van der Waals surface area contributed by atoms with E-state index in [0.29, 0.717) is 24.5 Å². The standard InChI is InChI=1S/C16H18N6O2/c1-3-14-15(22(23)24)16(20(2)19-14)17-9-12-10-18-21(11-12)13-7-5-4-6-8-13/h4-8,10-11,17H,3,9H2,1-2H3. The normalized spacial score (nSPS) is 10.8. The third-order valence-electron chi connectivity index (χ3n) is 3.73. The molecule has 1 aromatic carbocycles. The van der Waals surface area contributed by atoms with Gasteiger partial charge in [-0.3, -0.25) is 10.1 Å². The predicted octanol–water partition coefficient (Wildman–Crippen LogP) is 2.69. The first-order valence-electron chi connectivity index (χ1n) is 7.63. The number of nitro groups is 1. The van der Waals surface area contributed by atoms with Crippen LogP contribution in [0.1, 0.15) is 18.2 Å². The summed E-state index contributed by atoms with van der Waals surface area (Å²) in [5.41, 5.74) is 2.40. The Morgan fingerprint density at radius 3 is 2.71 bits per heavy atom. The average Bonchev–Trinajstić information content (AvgIpc) is 3.18. The molecule has 2 heterocycles. The molecule has 0 atom stereocenters. The molecule has 0 saturated carbocycles. The summed E-state index contributed by atoms with van der Waals surface area (Å²) in [6, 6.07) is 9.76. The first kappa shape index (κ1) is 15.7. The maximum absolute atomic E-state index is 11.3. The van der Waals surface area contributed by atoms with Crippen LogP contribution in [-0.4, -0.2) is 24.5 Å². The van der Waals surface area contributed by atoms with Gasteiger partial charge in [0.05, 0.1) is 16.8 Å². The zero-order valence-electron chi connectivity index (χ0n) is 13.5. The predicted molar refractivity (Wildman–Crippen MR) is 90.1 cm³/mol. The Hall–Kier alpha value is -3.16. The highest BCUT2D eigenvalue weighted by Crippen LogP contribution is 2.28. The Morgan fingerprint density at radius 2 is 2.04 bits per heavy atom. The molecule has 0 fully saturated rings. The minimum absolute atomic E-state index is 0.0375. The van der Waals surface area contributed by atoms with Gasteiger partial charge in [0.15, 0.2) is 0 Å². The Morgan fingerprint density at radius 1 is 1.29 bits per heavy atom. The van der Waals surface area contributed by atoms with Crippen molar-refractivity contribution in [3.63, 3.8) is 0 Å². The molecule has 0 aliphatic rings. The lowest BCUT2D eigenvalue weighted by atomic mass is 10.3. The van der Waals surface area contributed by atoms with Gasteiger partial charge in [0, 0.05) is 25.4 Å². The van der Waals surface area contributed by atoms with E-state index in [1.54, 1.807) is 17.9 Å². The van der Waals surface area contributed by atoms with Crippen molar-refractivity contribution in [1.82, 2.24) is 19.6 Å². The molecule has 0 aliphatic heterocycles. The van der Waals surface area contributed by atoms with Crippen molar-refractivity contribution in [2.24, 2.45) is 7.05 Å². The van der Waals surface area contributed by atoms with Crippen molar-refractivity contribution in [1.29, 1.82) is 0 Å². The second-order valence-corrected chi connectivity index (χ2v) is 5.36. The number of nitrogens with zero attached hydrogens (tertiary/aromatic N) is 5. The molecule has 0 unspecified atom stereocenters. The minimum Gasteiger partial charge on any atom is -0.360 e. The molecule has 0 bridgehead atoms. The van der Waals surface area contributed by atoms with E-state index in [-0.39, 0.29) is 10.6 Å². The number of rotatable bonds is 6. The maximum Gasteiger partial charge on any atom is 0.333 e. The SMILES string of the molecule is CCc1nn(C)c(NCc2cnn(-c3ccccc3)c2)c1[N+](=O)[O-]. The van der Waals surface area contributed by atoms with E-state index in [1.165, 1.54) is 4.68 Å². The molecule has 8 heteroatoms. The molecule has 0 saturated heterocycles. The highest BCUT2D eigenvalue weighted by atomic mass is 16.6. The van der Waals surface area contributed by atoms with E-state index in [0.717, 1.165) is 11.3 Å². The lowest BCUT2D eigenvalue weighted by Crippen LogP contribution is -2.06. The van der Waals surface area contributed by atoms with Crippen LogP contribution in [-0.2, 0) is 20.0 Å². The van der Waals surface area contributed by atoms with E-state index in [9.17, 15) is 10.1 Å². The minimum atomic E-state index is -0.387. The molecule has 24 heavy (non-hydrogen) atoms. The van der Waals surface area contributed by atoms with Crippen LogP contribution in [0.3, 0.4) is 0 Å². The van der Waals surface area contributed by atoms with Gasteiger partial charge in [0.25, 0.3) is 0 Å². The largest absolute Gasteiger partial charge is 0.360 e. The number of aryl methyl sites for hydroxylation is 2. The molecule has 0 spiro atoms. The van der Waals surface area contributed by atoms with Crippen molar-refractivity contribution >= 4 is 11.5 Å². The van der Waals surface area contributed by atoms with E-state index in [1.807, 2.05) is 43.5 Å². The Kier molecular flexibility index (Phi) is 4.28. The Balaban J connectivity index is 1.79. The number of hydrogen-bond acceptors (Lipinski definition) is 5. The van der Waals surface area contributed by atoms with E-state index in [4.69, 9.17) is 0 Å². The van der Waals surface area contributed by atoms with Crippen molar-refractivity contribution < 1.29 is 4.92 Å². The van der Waals surface area contributed by atoms with Crippen LogP contribution >= 0.6 is 0 Å². The number of benzene rings is 1. The van der Waals surface area contributed by atoms with Gasteiger partial charge < -0.3 is 5.32 Å². The van der Waals surface area contributed by atoms with E-state index in [2.05, 4.69) is 15.5 Å². The Bertz CT molecular complexity index is 853. The highest BCUT2D eigenvalue weighted by Gasteiger charge is 2.25. The summed E-state index contributed by atoms with van der Waals surface area (Å²) in [6.45, 7) is 2.28. The highest BCUT2D eigenvalue weighted by molar-refractivity contribution is 5.60. The van der Waals surface area contributed by atoms with Gasteiger partial charge in [-0.2, -0.15) is 10.2 Å². The molecule has 0 amide bonds. The topological polar surface area (TPSA) is 90.8 Å². The molecule has 3 rings (SSSR count). The molecule has 0 radical (unpaired) electrons. The fraction of sp³-hybridized carbons (Fsp3) is 0.250. The average molecular weight is 326 g/mol. The van der Waals surface area contributed by atoms with Crippen molar-refractivity contribution in [2.75, 3.05) is 5.32 Å². The molecule has 124 valence electrons. The van der Waals surface area contributed by atoms with Crippen LogP contribution in [0, 0.1) is 10.1 Å². The fourth-order valence-corrected chi connectivity index (χ4v) is 2.56. The van der Waals surface area contributed by atoms with Gasteiger partial charge in [-0.15, -0.1) is 0 Å². The van der Waals surface area contributed by atoms with Crippen LogP contribution in [0.25, 0.3) is 5.69 Å². The lowest BCUT2D eigenvalue weighted by molar-refractivity contribution is -0.384. The second kappa shape index (κ2) is 6.53. The molecule has 3 aromatic rings. The molecular weight excluding hydrogens is 308 g/mol. The summed E-state index contributed by atoms with van der Waals surface area (Å²) in [7, 11) is 1.70. The van der Waals surface area contributed by atoms with Crippen molar-refractivity contribution in [3.05, 3.63) is 64.1 Å². The first-order valence-corrected chi connectivity index (χ1v) is 7.63. The van der Waals surface area contributed by atoms with Crippen LogP contribution in [0.5, 0.6) is 0 Å². The molecule has 1 N–H and O–H groups in total. The molecule has 2 aromatic heterocycles. The van der Waals surface area contributed by atoms with E-state index < -0.39 is 0 Å². The van der Waals surface area contributed by atoms with Crippen molar-refractivity contribution in [2.45, 2.75) is 19.9 Å². The van der Waals surface area contributed by atoms with E-state index >= 15 is 0 Å². The quantitative estimate of drug-likeness (QED) is 0.555. The lowest BCUT2D eigenvalue weighted by Gasteiger charge is -2.04. The molecular formula is C16H18N6O2. The van der Waals surface area contributed by atoms with Gasteiger partial charge in [-0.1, -0.05) is 25.1 Å². The zero-order valence-corrected chi connectivity index (χ0v) is 13.5. The van der Waals surface area contributed by atoms with Crippen molar-refractivity contribution in [3.8, 4) is 5.69 Å². The summed E-state index contributed by atoms with van der Waals surface area (Å²) in [6.07, 6.45) is 4.14. The molecule has 8 nitrogen and oxygen atoms in total. The van der Waals surface area contributed by atoms with Crippen LogP contribution in [0.15, 0.2) is 42.7 Å². The van der Waals surface area contributed by atoms with Gasteiger partial charge >= 0.3 is 5.69 Å². The number of nitrogens with one attached hydrogen (secondary N) is 1. The number of aromatic nitrogens is 4. The monoisotopic (exact) mass is 326 g/mol. The van der Waals surface area contributed by atoms with Crippen LogP contribution in [0.4, 0.5) is 11.5 Å². The number of anilines is 1. The Labute approximate surface area is 138 Å². The zero-order chi connectivity index (χ0) is 17.1. The second-order valence-electron chi connectivity index (χ2n) is 5.36. The fourth-order valence-electron chi connectivity index (χ4n) is 2.56. The summed E-state index contributed by atoms with van der Waals surface area (Å²) in [5.74, 6) is 0.407. The van der Waals surface area contributed by atoms with Gasteiger partial charge in [-0.05, 0) is 18.6 Å². The summed E-state index contributed by atoms with van der Waals surface area (Å²) in [5, 5.41) is 22.9. The first-order chi connectivity index (χ1) is 11.6. The maximum atomic E-state index is 11.3. The van der Waals surface area contributed by atoms with Crippen LogP contribution in [0.2, 0.25) is 0 Å². The van der Waals surface area contributed by atoms with Crippen LogP contribution < -0.4 is 5.32 Å². The summed E-state index contributed by atoms with van der Waals surface area (Å²) in [4.78, 5) is 10.9. The number of hydrogen-bond donors (Lipinski definition) is 1. The van der Waals surface area contributed by atoms with Gasteiger partial charge in [-0.25, -0.2) is 9.36 Å².